The minimum atomic E-state index is -0.124. The minimum Gasteiger partial charge on any atom is -0.395 e. The van der Waals surface area contributed by atoms with E-state index >= 15 is 0 Å². The summed E-state index contributed by atoms with van der Waals surface area (Å²) in [6.07, 6.45) is 2.43. The first-order valence-electron chi connectivity index (χ1n) is 7.91. The number of rotatable bonds is 4. The van der Waals surface area contributed by atoms with Gasteiger partial charge in [0.25, 0.3) is 5.91 Å². The molecule has 1 aromatic carbocycles. The van der Waals surface area contributed by atoms with Crippen LogP contribution in [-0.2, 0) is 0 Å². The molecule has 3 rings (SSSR count). The number of aromatic nitrogens is 1. The molecule has 126 valence electrons. The van der Waals surface area contributed by atoms with Crippen LogP contribution in [0.3, 0.4) is 0 Å². The van der Waals surface area contributed by atoms with Crippen molar-refractivity contribution >= 4 is 17.5 Å². The van der Waals surface area contributed by atoms with E-state index in [1.807, 2.05) is 19.2 Å². The highest BCUT2D eigenvalue weighted by Gasteiger charge is 2.29. The molecule has 1 aromatic heterocycles. The molecule has 1 saturated heterocycles. The van der Waals surface area contributed by atoms with Gasteiger partial charge in [-0.25, -0.2) is 0 Å². The van der Waals surface area contributed by atoms with Gasteiger partial charge in [0.05, 0.1) is 17.3 Å². The van der Waals surface area contributed by atoms with Crippen molar-refractivity contribution in [2.24, 2.45) is 0 Å². The summed E-state index contributed by atoms with van der Waals surface area (Å²) in [6, 6.07) is 11.0. The van der Waals surface area contributed by atoms with E-state index in [1.165, 1.54) is 0 Å². The normalized spacial score (nSPS) is 21.0. The second-order valence-electron chi connectivity index (χ2n) is 6.10. The van der Waals surface area contributed by atoms with Gasteiger partial charge in [0, 0.05) is 36.0 Å². The number of aliphatic hydroxyl groups excluding tert-OH is 1. The Morgan fingerprint density at radius 3 is 2.96 bits per heavy atom. The zero-order valence-corrected chi connectivity index (χ0v) is 14.2. The van der Waals surface area contributed by atoms with Crippen LogP contribution in [0.2, 0.25) is 5.02 Å². The molecule has 2 heterocycles. The van der Waals surface area contributed by atoms with E-state index in [0.717, 1.165) is 18.5 Å². The fraction of sp³-hybridized carbons (Fsp3) is 0.333. The van der Waals surface area contributed by atoms with Gasteiger partial charge < -0.3 is 10.4 Å². The zero-order valence-electron chi connectivity index (χ0n) is 13.4. The number of carbonyl (C=O) groups excluding carboxylic acids is 1. The highest BCUT2D eigenvalue weighted by Crippen LogP contribution is 2.26. The molecule has 1 amide bonds. The molecule has 2 aromatic rings. The molecule has 1 aliphatic rings. The summed E-state index contributed by atoms with van der Waals surface area (Å²) in [5, 5.41) is 12.9. The van der Waals surface area contributed by atoms with Gasteiger partial charge >= 0.3 is 0 Å². The number of hydrogen-bond acceptors (Lipinski definition) is 4. The topological polar surface area (TPSA) is 65.5 Å². The number of carbonyl (C=O) groups is 1. The molecular formula is C18H20ClN3O2. The summed E-state index contributed by atoms with van der Waals surface area (Å²) in [5.41, 5.74) is 2.05. The molecule has 0 spiro atoms. The monoisotopic (exact) mass is 345 g/mol. The standard InChI is InChI=1S/C18H20ClN3O2/c1-22-10-14(9-15(22)11-23)21-18(24)13-5-2-4-12(8-13)17-16(19)6-3-7-20-17/h2-8,14-15,23H,9-11H2,1H3,(H,21,24)/t14-,15+/m1/s1. The summed E-state index contributed by atoms with van der Waals surface area (Å²) in [7, 11) is 1.96. The Bertz CT molecular complexity index is 738. The van der Waals surface area contributed by atoms with Crippen LogP contribution >= 0.6 is 11.6 Å². The number of hydrogen-bond donors (Lipinski definition) is 2. The van der Waals surface area contributed by atoms with E-state index in [1.54, 1.807) is 30.5 Å². The molecule has 24 heavy (non-hydrogen) atoms. The number of pyridine rings is 1. The van der Waals surface area contributed by atoms with Crippen molar-refractivity contribution < 1.29 is 9.90 Å². The molecule has 5 nitrogen and oxygen atoms in total. The Balaban J connectivity index is 1.75. The van der Waals surface area contributed by atoms with Gasteiger partial charge in [0.2, 0.25) is 0 Å². The molecule has 2 N–H and O–H groups in total. The first kappa shape index (κ1) is 16.9. The van der Waals surface area contributed by atoms with E-state index in [-0.39, 0.29) is 24.6 Å². The second-order valence-corrected chi connectivity index (χ2v) is 6.50. The van der Waals surface area contributed by atoms with Crippen LogP contribution in [0.15, 0.2) is 42.6 Å². The Hall–Kier alpha value is -1.95. The third kappa shape index (κ3) is 3.59. The van der Waals surface area contributed by atoms with Crippen LogP contribution in [0, 0.1) is 0 Å². The third-order valence-electron chi connectivity index (χ3n) is 4.39. The molecule has 0 radical (unpaired) electrons. The Kier molecular flexibility index (Phi) is 5.14. The van der Waals surface area contributed by atoms with Gasteiger partial charge in [-0.1, -0.05) is 23.7 Å². The molecule has 2 atom stereocenters. The zero-order chi connectivity index (χ0) is 17.1. The average Bonchev–Trinajstić information content (AvgIpc) is 2.95. The summed E-state index contributed by atoms with van der Waals surface area (Å²) in [5.74, 6) is -0.124. The first-order chi connectivity index (χ1) is 11.6. The summed E-state index contributed by atoms with van der Waals surface area (Å²) in [6.45, 7) is 0.846. The largest absolute Gasteiger partial charge is 0.395 e. The molecule has 1 fully saturated rings. The number of nitrogens with zero attached hydrogens (tertiary/aromatic N) is 2. The SMILES string of the molecule is CN1C[C@H](NC(=O)c2cccc(-c3ncccc3Cl)c2)C[C@H]1CO. The maximum Gasteiger partial charge on any atom is 0.251 e. The number of aliphatic hydroxyl groups is 1. The molecule has 1 aliphatic heterocycles. The van der Waals surface area contributed by atoms with Gasteiger partial charge in [-0.05, 0) is 37.7 Å². The fourth-order valence-electron chi connectivity index (χ4n) is 3.07. The quantitative estimate of drug-likeness (QED) is 0.891. The lowest BCUT2D eigenvalue weighted by molar-refractivity contribution is 0.0938. The molecular weight excluding hydrogens is 326 g/mol. The smallest absolute Gasteiger partial charge is 0.251 e. The van der Waals surface area contributed by atoms with Gasteiger partial charge in [0.1, 0.15) is 0 Å². The Morgan fingerprint density at radius 1 is 1.42 bits per heavy atom. The van der Waals surface area contributed by atoms with Crippen LogP contribution in [-0.4, -0.2) is 53.2 Å². The average molecular weight is 346 g/mol. The lowest BCUT2D eigenvalue weighted by atomic mass is 10.1. The number of benzene rings is 1. The molecule has 0 aliphatic carbocycles. The van der Waals surface area contributed by atoms with Gasteiger partial charge in [0.15, 0.2) is 0 Å². The van der Waals surface area contributed by atoms with Crippen molar-refractivity contribution in [3.05, 3.63) is 53.2 Å². The summed E-state index contributed by atoms with van der Waals surface area (Å²) >= 11 is 6.18. The van der Waals surface area contributed by atoms with E-state index < -0.39 is 0 Å². The van der Waals surface area contributed by atoms with Gasteiger partial charge in [-0.2, -0.15) is 0 Å². The lowest BCUT2D eigenvalue weighted by Crippen LogP contribution is -2.36. The summed E-state index contributed by atoms with van der Waals surface area (Å²) < 4.78 is 0. The van der Waals surface area contributed by atoms with Crippen LogP contribution < -0.4 is 5.32 Å². The predicted octanol–water partition coefficient (Wildman–Crippen LogP) is 2.20. The van der Waals surface area contributed by atoms with Crippen LogP contribution in [0.4, 0.5) is 0 Å². The number of nitrogens with one attached hydrogen (secondary N) is 1. The number of halogens is 1. The molecule has 6 heteroatoms. The van der Waals surface area contributed by atoms with Crippen molar-refractivity contribution in [1.82, 2.24) is 15.2 Å². The van der Waals surface area contributed by atoms with Gasteiger partial charge in [-0.15, -0.1) is 0 Å². The fourth-order valence-corrected chi connectivity index (χ4v) is 3.30. The van der Waals surface area contributed by atoms with E-state index in [0.29, 0.717) is 16.3 Å². The number of likely N-dealkylation sites (N-methyl/N-ethyl adjacent to an activating group) is 1. The Labute approximate surface area is 146 Å². The van der Waals surface area contributed by atoms with Crippen LogP contribution in [0.25, 0.3) is 11.3 Å². The molecule has 0 saturated carbocycles. The highest BCUT2D eigenvalue weighted by molar-refractivity contribution is 6.33. The van der Waals surface area contributed by atoms with E-state index in [4.69, 9.17) is 11.6 Å². The maximum atomic E-state index is 12.5. The van der Waals surface area contributed by atoms with Crippen molar-refractivity contribution in [3.63, 3.8) is 0 Å². The van der Waals surface area contributed by atoms with Crippen molar-refractivity contribution in [1.29, 1.82) is 0 Å². The maximum absolute atomic E-state index is 12.5. The lowest BCUT2D eigenvalue weighted by Gasteiger charge is -2.15. The van der Waals surface area contributed by atoms with Crippen LogP contribution in [0.1, 0.15) is 16.8 Å². The third-order valence-corrected chi connectivity index (χ3v) is 4.70. The second kappa shape index (κ2) is 7.30. The van der Waals surface area contributed by atoms with Crippen LogP contribution in [0.5, 0.6) is 0 Å². The number of likely N-dealkylation sites (tertiary alicyclic amines) is 1. The van der Waals surface area contributed by atoms with E-state index in [9.17, 15) is 9.90 Å². The highest BCUT2D eigenvalue weighted by atomic mass is 35.5. The van der Waals surface area contributed by atoms with Gasteiger partial charge in [-0.3, -0.25) is 14.7 Å². The Morgan fingerprint density at radius 2 is 2.25 bits per heavy atom. The predicted molar refractivity (Wildman–Crippen MR) is 94.1 cm³/mol. The molecule has 0 bridgehead atoms. The molecule has 0 unspecified atom stereocenters. The van der Waals surface area contributed by atoms with E-state index in [2.05, 4.69) is 15.2 Å². The number of amides is 1. The summed E-state index contributed by atoms with van der Waals surface area (Å²) in [4.78, 5) is 18.9. The minimum absolute atomic E-state index is 0.0433. The first-order valence-corrected chi connectivity index (χ1v) is 8.29. The van der Waals surface area contributed by atoms with Crippen molar-refractivity contribution in [3.8, 4) is 11.3 Å². The van der Waals surface area contributed by atoms with Crippen molar-refractivity contribution in [2.45, 2.75) is 18.5 Å². The van der Waals surface area contributed by atoms with Crippen molar-refractivity contribution in [2.75, 3.05) is 20.2 Å².